The maximum atomic E-state index is 12.3. The van der Waals surface area contributed by atoms with Gasteiger partial charge >= 0.3 is 0 Å². The van der Waals surface area contributed by atoms with Gasteiger partial charge in [0.25, 0.3) is 5.91 Å². The number of sulfonamides is 1. The summed E-state index contributed by atoms with van der Waals surface area (Å²) in [5, 5.41) is 5.19. The van der Waals surface area contributed by atoms with E-state index in [9.17, 15) is 13.2 Å². The number of nitrogens with zero attached hydrogens (tertiary/aromatic N) is 1. The number of carbonyl (C=O) groups excluding carboxylic acids is 1. The lowest BCUT2D eigenvalue weighted by Gasteiger charge is -2.18. The first-order chi connectivity index (χ1) is 9.82. The Hall–Kier alpha value is -1.60. The molecule has 7 heteroatoms. The lowest BCUT2D eigenvalue weighted by Crippen LogP contribution is -2.29. The van der Waals surface area contributed by atoms with Gasteiger partial charge in [-0.2, -0.15) is 0 Å². The molecule has 1 aliphatic carbocycles. The molecule has 0 saturated heterocycles. The Morgan fingerprint density at radius 3 is 2.62 bits per heavy atom. The zero-order valence-corrected chi connectivity index (χ0v) is 13.0. The van der Waals surface area contributed by atoms with Crippen LogP contribution in [0.25, 0.3) is 0 Å². The minimum atomic E-state index is -3.94. The van der Waals surface area contributed by atoms with E-state index >= 15 is 0 Å². The Labute approximate surface area is 124 Å². The molecule has 0 aliphatic heterocycles. The van der Waals surface area contributed by atoms with E-state index in [0.29, 0.717) is 24.6 Å². The van der Waals surface area contributed by atoms with E-state index in [4.69, 9.17) is 9.88 Å². The highest BCUT2D eigenvalue weighted by atomic mass is 32.2. The number of hydrogen-bond acceptors (Lipinski definition) is 4. The van der Waals surface area contributed by atoms with Crippen molar-refractivity contribution in [1.82, 2.24) is 4.90 Å². The maximum Gasteiger partial charge on any atom is 0.253 e. The largest absolute Gasteiger partial charge is 0.492 e. The molecule has 2 N–H and O–H groups in total. The van der Waals surface area contributed by atoms with Crippen LogP contribution >= 0.6 is 0 Å². The Kier molecular flexibility index (Phi) is 4.53. The minimum absolute atomic E-state index is 0.157. The lowest BCUT2D eigenvalue weighted by molar-refractivity contribution is 0.0788. The molecular formula is C14H20N2O4S. The third kappa shape index (κ3) is 3.95. The molecule has 0 radical (unpaired) electrons. The van der Waals surface area contributed by atoms with Crippen LogP contribution in [0.4, 0.5) is 0 Å². The van der Waals surface area contributed by atoms with Crippen LogP contribution in [0, 0.1) is 5.92 Å². The van der Waals surface area contributed by atoms with Gasteiger partial charge in [0, 0.05) is 19.2 Å². The quantitative estimate of drug-likeness (QED) is 0.855. The molecule has 116 valence electrons. The minimum Gasteiger partial charge on any atom is -0.492 e. The smallest absolute Gasteiger partial charge is 0.253 e. The number of rotatable bonds is 6. The summed E-state index contributed by atoms with van der Waals surface area (Å²) in [4.78, 5) is 13.8. The van der Waals surface area contributed by atoms with Crippen LogP contribution in [0.3, 0.4) is 0 Å². The molecule has 1 aliphatic rings. The molecule has 6 nitrogen and oxygen atoms in total. The van der Waals surface area contributed by atoms with E-state index in [1.807, 2.05) is 0 Å². The van der Waals surface area contributed by atoms with E-state index in [0.717, 1.165) is 12.8 Å². The van der Waals surface area contributed by atoms with Crippen molar-refractivity contribution in [2.75, 3.05) is 20.2 Å². The fourth-order valence-electron chi connectivity index (χ4n) is 2.13. The summed E-state index contributed by atoms with van der Waals surface area (Å²) in [6.45, 7) is 2.75. The Morgan fingerprint density at radius 1 is 1.43 bits per heavy atom. The van der Waals surface area contributed by atoms with Gasteiger partial charge in [0.05, 0.1) is 6.61 Å². The molecule has 1 aromatic rings. The lowest BCUT2D eigenvalue weighted by atomic mass is 10.2. The Bertz CT molecular complexity index is 638. The van der Waals surface area contributed by atoms with Crippen molar-refractivity contribution in [1.29, 1.82) is 0 Å². The summed E-state index contributed by atoms with van der Waals surface area (Å²) in [7, 11) is -2.23. The molecule has 0 aromatic heterocycles. The summed E-state index contributed by atoms with van der Waals surface area (Å²) >= 11 is 0. The van der Waals surface area contributed by atoms with Gasteiger partial charge < -0.3 is 9.64 Å². The van der Waals surface area contributed by atoms with Crippen molar-refractivity contribution in [2.45, 2.75) is 24.7 Å². The first-order valence-electron chi connectivity index (χ1n) is 6.88. The second kappa shape index (κ2) is 6.03. The van der Waals surface area contributed by atoms with Gasteiger partial charge in [-0.05, 0) is 43.9 Å². The molecule has 0 atom stereocenters. The number of nitrogens with two attached hydrogens (primary N) is 1. The highest BCUT2D eigenvalue weighted by molar-refractivity contribution is 7.89. The average Bonchev–Trinajstić information content (AvgIpc) is 3.21. The monoisotopic (exact) mass is 312 g/mol. The first kappa shape index (κ1) is 15.8. The molecule has 0 heterocycles. The van der Waals surface area contributed by atoms with Crippen LogP contribution in [0.5, 0.6) is 5.75 Å². The standard InChI is InChI=1S/C14H20N2O4S/c1-3-20-12-7-6-11(8-13(12)21(15,18)19)14(17)16(2)9-10-4-5-10/h6-8,10H,3-5,9H2,1-2H3,(H2,15,18,19). The summed E-state index contributed by atoms with van der Waals surface area (Å²) in [6, 6.07) is 4.32. The molecule has 1 saturated carbocycles. The maximum absolute atomic E-state index is 12.3. The molecule has 0 bridgehead atoms. The summed E-state index contributed by atoms with van der Waals surface area (Å²) in [6.07, 6.45) is 2.28. The van der Waals surface area contributed by atoms with Gasteiger partial charge in [-0.1, -0.05) is 0 Å². The Morgan fingerprint density at radius 2 is 2.10 bits per heavy atom. The number of hydrogen-bond donors (Lipinski definition) is 1. The average molecular weight is 312 g/mol. The van der Waals surface area contributed by atoms with Crippen molar-refractivity contribution in [3.05, 3.63) is 23.8 Å². The van der Waals surface area contributed by atoms with E-state index < -0.39 is 10.0 Å². The number of primary sulfonamides is 1. The molecule has 21 heavy (non-hydrogen) atoms. The summed E-state index contributed by atoms with van der Waals surface area (Å²) in [5.74, 6) is 0.524. The van der Waals surface area contributed by atoms with E-state index in [1.54, 1.807) is 24.9 Å². The van der Waals surface area contributed by atoms with Gasteiger partial charge in [0.2, 0.25) is 10.0 Å². The van der Waals surface area contributed by atoms with Gasteiger partial charge in [0.1, 0.15) is 10.6 Å². The molecule has 1 amide bonds. The van der Waals surface area contributed by atoms with Gasteiger partial charge in [-0.15, -0.1) is 0 Å². The van der Waals surface area contributed by atoms with Crippen molar-refractivity contribution in [3.8, 4) is 5.75 Å². The Balaban J connectivity index is 2.29. The molecular weight excluding hydrogens is 292 g/mol. The van der Waals surface area contributed by atoms with Gasteiger partial charge in [0.15, 0.2) is 0 Å². The van der Waals surface area contributed by atoms with Crippen LogP contribution in [0.2, 0.25) is 0 Å². The van der Waals surface area contributed by atoms with Crippen LogP contribution in [-0.4, -0.2) is 39.4 Å². The second-order valence-corrected chi connectivity index (χ2v) is 6.80. The normalized spacial score (nSPS) is 14.8. The third-order valence-electron chi connectivity index (χ3n) is 3.37. The van der Waals surface area contributed by atoms with Crippen molar-refractivity contribution in [3.63, 3.8) is 0 Å². The highest BCUT2D eigenvalue weighted by Crippen LogP contribution is 2.30. The van der Waals surface area contributed by atoms with Crippen molar-refractivity contribution in [2.24, 2.45) is 11.1 Å². The molecule has 1 aromatic carbocycles. The first-order valence-corrected chi connectivity index (χ1v) is 8.42. The van der Waals surface area contributed by atoms with Crippen LogP contribution < -0.4 is 9.88 Å². The summed E-state index contributed by atoms with van der Waals surface area (Å²) < 4.78 is 28.5. The fourth-order valence-corrected chi connectivity index (χ4v) is 2.83. The molecule has 2 rings (SSSR count). The second-order valence-electron chi connectivity index (χ2n) is 5.27. The molecule has 0 spiro atoms. The van der Waals surface area contributed by atoms with Crippen molar-refractivity contribution >= 4 is 15.9 Å². The van der Waals surface area contributed by atoms with Crippen molar-refractivity contribution < 1.29 is 17.9 Å². The van der Waals surface area contributed by atoms with Crippen LogP contribution in [0.1, 0.15) is 30.1 Å². The number of amides is 1. The fraction of sp³-hybridized carbons (Fsp3) is 0.500. The predicted octanol–water partition coefficient (Wildman–Crippen LogP) is 1.21. The number of benzene rings is 1. The summed E-state index contributed by atoms with van der Waals surface area (Å²) in [5.41, 5.74) is 0.297. The van der Waals surface area contributed by atoms with Crippen LogP contribution in [-0.2, 0) is 10.0 Å². The zero-order chi connectivity index (χ0) is 15.6. The van der Waals surface area contributed by atoms with Gasteiger partial charge in [-0.3, -0.25) is 4.79 Å². The van der Waals surface area contributed by atoms with E-state index in [1.165, 1.54) is 12.1 Å². The van der Waals surface area contributed by atoms with Crippen LogP contribution in [0.15, 0.2) is 23.1 Å². The number of ether oxygens (including phenoxy) is 1. The van der Waals surface area contributed by atoms with Gasteiger partial charge in [-0.25, -0.2) is 13.6 Å². The molecule has 1 fully saturated rings. The predicted molar refractivity (Wildman–Crippen MR) is 78.7 cm³/mol. The topological polar surface area (TPSA) is 89.7 Å². The van der Waals surface area contributed by atoms with E-state index in [-0.39, 0.29) is 16.6 Å². The third-order valence-corrected chi connectivity index (χ3v) is 4.30. The van der Waals surface area contributed by atoms with E-state index in [2.05, 4.69) is 0 Å². The number of carbonyl (C=O) groups is 1. The SMILES string of the molecule is CCOc1ccc(C(=O)N(C)CC2CC2)cc1S(N)(=O)=O. The molecule has 0 unspecified atom stereocenters. The highest BCUT2D eigenvalue weighted by Gasteiger charge is 2.26. The zero-order valence-electron chi connectivity index (χ0n) is 12.2.